The Balaban J connectivity index is 2.59. The van der Waals surface area contributed by atoms with E-state index in [1.165, 1.54) is 32.1 Å². The number of aliphatic hydroxyl groups excluding tert-OH is 1. The molecule has 1 aliphatic carbocycles. The van der Waals surface area contributed by atoms with Crippen LogP contribution in [0, 0.1) is 11.8 Å². The SMILES string of the molecule is CCC1CCC(CN)(N(C)CC(O)C(C)C)CC1. The Bertz CT molecular complexity index is 235. The van der Waals surface area contributed by atoms with Gasteiger partial charge in [-0.1, -0.05) is 27.2 Å². The van der Waals surface area contributed by atoms with Gasteiger partial charge in [0.1, 0.15) is 0 Å². The van der Waals surface area contributed by atoms with E-state index in [0.29, 0.717) is 12.5 Å². The molecular weight excluding hydrogens is 224 g/mol. The molecule has 0 bridgehead atoms. The van der Waals surface area contributed by atoms with Crippen molar-refractivity contribution in [2.45, 2.75) is 64.5 Å². The standard InChI is InChI=1S/C15H32N2O/c1-5-13-6-8-15(11-16,9-7-13)17(4)10-14(18)12(2)3/h12-14,18H,5-11,16H2,1-4H3. The van der Waals surface area contributed by atoms with Crippen molar-refractivity contribution >= 4 is 0 Å². The van der Waals surface area contributed by atoms with E-state index in [-0.39, 0.29) is 11.6 Å². The maximum atomic E-state index is 10.1. The van der Waals surface area contributed by atoms with Gasteiger partial charge in [0, 0.05) is 18.6 Å². The summed E-state index contributed by atoms with van der Waals surface area (Å²) in [6.45, 7) is 7.88. The second-order valence-electron chi connectivity index (χ2n) is 6.47. The first-order chi connectivity index (χ1) is 8.45. The Morgan fingerprint density at radius 3 is 2.28 bits per heavy atom. The zero-order valence-corrected chi connectivity index (χ0v) is 12.7. The number of hydrogen-bond acceptors (Lipinski definition) is 3. The van der Waals surface area contributed by atoms with Crippen LogP contribution in [0.2, 0.25) is 0 Å². The lowest BCUT2D eigenvalue weighted by molar-refractivity contribution is 0.00970. The maximum absolute atomic E-state index is 10.1. The van der Waals surface area contributed by atoms with Crippen LogP contribution in [0.5, 0.6) is 0 Å². The van der Waals surface area contributed by atoms with Crippen molar-refractivity contribution in [3.63, 3.8) is 0 Å². The summed E-state index contributed by atoms with van der Waals surface area (Å²) in [7, 11) is 2.13. The smallest absolute Gasteiger partial charge is 0.0690 e. The largest absolute Gasteiger partial charge is 0.392 e. The zero-order valence-electron chi connectivity index (χ0n) is 12.7. The van der Waals surface area contributed by atoms with Crippen LogP contribution >= 0.6 is 0 Å². The van der Waals surface area contributed by atoms with Crippen molar-refractivity contribution < 1.29 is 5.11 Å². The van der Waals surface area contributed by atoms with Crippen molar-refractivity contribution in [1.29, 1.82) is 0 Å². The van der Waals surface area contributed by atoms with Crippen LogP contribution < -0.4 is 5.73 Å². The van der Waals surface area contributed by atoms with E-state index < -0.39 is 0 Å². The summed E-state index contributed by atoms with van der Waals surface area (Å²) in [5, 5.41) is 10.1. The minimum atomic E-state index is -0.248. The lowest BCUT2D eigenvalue weighted by Gasteiger charge is -2.46. The second kappa shape index (κ2) is 6.88. The van der Waals surface area contributed by atoms with Gasteiger partial charge in [0.2, 0.25) is 0 Å². The van der Waals surface area contributed by atoms with Crippen LogP contribution in [0.15, 0.2) is 0 Å². The van der Waals surface area contributed by atoms with Gasteiger partial charge >= 0.3 is 0 Å². The molecule has 0 heterocycles. The van der Waals surface area contributed by atoms with Gasteiger partial charge in [0.15, 0.2) is 0 Å². The summed E-state index contributed by atoms with van der Waals surface area (Å²) in [5.41, 5.74) is 6.18. The van der Waals surface area contributed by atoms with E-state index >= 15 is 0 Å². The van der Waals surface area contributed by atoms with Crippen LogP contribution in [0.3, 0.4) is 0 Å². The van der Waals surface area contributed by atoms with E-state index in [2.05, 4.69) is 32.7 Å². The van der Waals surface area contributed by atoms with Crippen molar-refractivity contribution in [3.8, 4) is 0 Å². The van der Waals surface area contributed by atoms with Gasteiger partial charge in [-0.3, -0.25) is 4.90 Å². The van der Waals surface area contributed by atoms with E-state index in [1.807, 2.05) is 0 Å². The summed E-state index contributed by atoms with van der Waals surface area (Å²) in [4.78, 5) is 2.32. The maximum Gasteiger partial charge on any atom is 0.0690 e. The lowest BCUT2D eigenvalue weighted by atomic mass is 9.74. The Kier molecular flexibility index (Phi) is 6.09. The molecule has 0 aromatic carbocycles. The average Bonchev–Trinajstić information content (AvgIpc) is 2.38. The zero-order chi connectivity index (χ0) is 13.8. The minimum absolute atomic E-state index is 0.127. The van der Waals surface area contributed by atoms with Gasteiger partial charge in [-0.25, -0.2) is 0 Å². The van der Waals surface area contributed by atoms with Crippen LogP contribution in [0.1, 0.15) is 52.9 Å². The molecule has 0 radical (unpaired) electrons. The van der Waals surface area contributed by atoms with Crippen molar-refractivity contribution in [2.24, 2.45) is 17.6 Å². The molecule has 1 unspecified atom stereocenters. The molecule has 3 heteroatoms. The third-order valence-corrected chi connectivity index (χ3v) is 5.03. The Morgan fingerprint density at radius 1 is 1.33 bits per heavy atom. The highest BCUT2D eigenvalue weighted by molar-refractivity contribution is 4.95. The predicted molar refractivity (Wildman–Crippen MR) is 77.5 cm³/mol. The average molecular weight is 256 g/mol. The number of rotatable bonds is 6. The van der Waals surface area contributed by atoms with E-state index in [4.69, 9.17) is 5.73 Å². The molecule has 3 nitrogen and oxygen atoms in total. The molecule has 0 aromatic heterocycles. The molecule has 108 valence electrons. The molecule has 1 aliphatic rings. The van der Waals surface area contributed by atoms with Gasteiger partial charge in [-0.2, -0.15) is 0 Å². The Hall–Kier alpha value is -0.120. The molecule has 0 amide bonds. The Morgan fingerprint density at radius 2 is 1.89 bits per heavy atom. The fourth-order valence-corrected chi connectivity index (χ4v) is 3.05. The summed E-state index contributed by atoms with van der Waals surface area (Å²) in [6.07, 6.45) is 5.99. The number of likely N-dealkylation sites (N-methyl/N-ethyl adjacent to an activating group) is 1. The normalized spacial score (nSPS) is 31.0. The van der Waals surface area contributed by atoms with Crippen LogP contribution in [-0.4, -0.2) is 41.8 Å². The predicted octanol–water partition coefficient (Wildman–Crippen LogP) is 2.23. The van der Waals surface area contributed by atoms with Gasteiger partial charge in [-0.15, -0.1) is 0 Å². The fourth-order valence-electron chi connectivity index (χ4n) is 3.05. The molecule has 3 N–H and O–H groups in total. The highest BCUT2D eigenvalue weighted by atomic mass is 16.3. The molecule has 0 spiro atoms. The first kappa shape index (κ1) is 15.9. The third-order valence-electron chi connectivity index (χ3n) is 5.03. The number of nitrogens with two attached hydrogens (primary N) is 1. The second-order valence-corrected chi connectivity index (χ2v) is 6.47. The highest BCUT2D eigenvalue weighted by Crippen LogP contribution is 2.36. The summed E-state index contributed by atoms with van der Waals surface area (Å²) in [6, 6.07) is 0. The lowest BCUT2D eigenvalue weighted by Crippen LogP contribution is -2.56. The molecule has 1 saturated carbocycles. The fraction of sp³-hybridized carbons (Fsp3) is 1.00. The first-order valence-corrected chi connectivity index (χ1v) is 7.54. The van der Waals surface area contributed by atoms with E-state index in [0.717, 1.165) is 12.5 Å². The monoisotopic (exact) mass is 256 g/mol. The number of nitrogens with zero attached hydrogens (tertiary/aromatic N) is 1. The molecule has 0 aromatic rings. The van der Waals surface area contributed by atoms with Crippen LogP contribution in [0.25, 0.3) is 0 Å². The molecule has 1 atom stereocenters. The molecule has 0 saturated heterocycles. The highest BCUT2D eigenvalue weighted by Gasteiger charge is 2.37. The molecular formula is C15H32N2O. The number of aliphatic hydroxyl groups is 1. The van der Waals surface area contributed by atoms with Gasteiger partial charge in [0.25, 0.3) is 0 Å². The van der Waals surface area contributed by atoms with Crippen molar-refractivity contribution in [2.75, 3.05) is 20.1 Å². The molecule has 0 aliphatic heterocycles. The first-order valence-electron chi connectivity index (χ1n) is 7.54. The summed E-state index contributed by atoms with van der Waals surface area (Å²) < 4.78 is 0. The molecule has 18 heavy (non-hydrogen) atoms. The van der Waals surface area contributed by atoms with Gasteiger partial charge < -0.3 is 10.8 Å². The quantitative estimate of drug-likeness (QED) is 0.766. The van der Waals surface area contributed by atoms with Crippen LogP contribution in [-0.2, 0) is 0 Å². The van der Waals surface area contributed by atoms with Crippen LogP contribution in [0.4, 0.5) is 0 Å². The van der Waals surface area contributed by atoms with Crippen molar-refractivity contribution in [1.82, 2.24) is 4.90 Å². The number of β-amino-alcohol motifs (C(OH)–C–C–N with tert-alkyl or cyclic N) is 1. The van der Waals surface area contributed by atoms with E-state index in [9.17, 15) is 5.11 Å². The summed E-state index contributed by atoms with van der Waals surface area (Å²) >= 11 is 0. The third kappa shape index (κ3) is 3.69. The summed E-state index contributed by atoms with van der Waals surface area (Å²) in [5.74, 6) is 1.20. The molecule has 1 fully saturated rings. The van der Waals surface area contributed by atoms with Crippen molar-refractivity contribution in [3.05, 3.63) is 0 Å². The topological polar surface area (TPSA) is 49.5 Å². The Labute approximate surface area is 113 Å². The molecule has 1 rings (SSSR count). The van der Waals surface area contributed by atoms with E-state index in [1.54, 1.807) is 0 Å². The van der Waals surface area contributed by atoms with Gasteiger partial charge in [0.05, 0.1) is 6.10 Å². The minimum Gasteiger partial charge on any atom is -0.392 e. The van der Waals surface area contributed by atoms with Gasteiger partial charge in [-0.05, 0) is 44.6 Å². The number of hydrogen-bond donors (Lipinski definition) is 2.